The predicted molar refractivity (Wildman–Crippen MR) is 105 cm³/mol. The van der Waals surface area contributed by atoms with Gasteiger partial charge in [-0.2, -0.15) is 4.68 Å². The van der Waals surface area contributed by atoms with Crippen LogP contribution in [0.1, 0.15) is 18.5 Å². The average molecular weight is 416 g/mol. The molecular formula is C20H18ClN3O5. The summed E-state index contributed by atoms with van der Waals surface area (Å²) in [6.07, 6.45) is 0. The molecule has 8 nitrogen and oxygen atoms in total. The third kappa shape index (κ3) is 5.55. The molecule has 0 unspecified atom stereocenters. The van der Waals surface area contributed by atoms with E-state index in [1.54, 1.807) is 55.5 Å². The topological polar surface area (TPSA) is 103 Å². The summed E-state index contributed by atoms with van der Waals surface area (Å²) in [5.41, 5.74) is 1.46. The summed E-state index contributed by atoms with van der Waals surface area (Å²) in [6.45, 7) is 0.854. The molecule has 0 aliphatic carbocycles. The maximum atomic E-state index is 12.0. The van der Waals surface area contributed by atoms with Crippen LogP contribution in [0.2, 0.25) is 5.02 Å². The highest BCUT2D eigenvalue weighted by Crippen LogP contribution is 2.16. The monoisotopic (exact) mass is 415 g/mol. The molecule has 0 aliphatic rings. The molecule has 1 N–H and O–H groups in total. The summed E-state index contributed by atoms with van der Waals surface area (Å²) in [6, 6.07) is 15.5. The van der Waals surface area contributed by atoms with Crippen molar-refractivity contribution in [2.24, 2.45) is 0 Å². The SMILES string of the molecule is C[C@H](NC(=O)COC(=O)Cn1nc(-c2ccccc2)oc1=O)c1ccc(Cl)cc1. The highest BCUT2D eigenvalue weighted by molar-refractivity contribution is 6.30. The van der Waals surface area contributed by atoms with E-state index < -0.39 is 30.8 Å². The van der Waals surface area contributed by atoms with E-state index in [4.69, 9.17) is 20.8 Å². The summed E-state index contributed by atoms with van der Waals surface area (Å²) in [5.74, 6) is -1.95. The number of aromatic nitrogens is 2. The van der Waals surface area contributed by atoms with E-state index in [1.165, 1.54) is 0 Å². The number of carbonyl (C=O) groups is 2. The molecule has 0 radical (unpaired) electrons. The Kier molecular flexibility index (Phi) is 6.46. The molecule has 1 aromatic heterocycles. The van der Waals surface area contributed by atoms with Crippen LogP contribution in [-0.4, -0.2) is 28.3 Å². The first kappa shape index (κ1) is 20.3. The van der Waals surface area contributed by atoms with Crippen molar-refractivity contribution in [2.75, 3.05) is 6.61 Å². The zero-order chi connectivity index (χ0) is 20.8. The predicted octanol–water partition coefficient (Wildman–Crippen LogP) is 2.58. The third-order valence-electron chi connectivity index (χ3n) is 4.02. The Morgan fingerprint density at radius 1 is 1.17 bits per heavy atom. The molecule has 9 heteroatoms. The van der Waals surface area contributed by atoms with Gasteiger partial charge in [-0.05, 0) is 36.8 Å². The lowest BCUT2D eigenvalue weighted by Crippen LogP contribution is -2.32. The number of hydrogen-bond donors (Lipinski definition) is 1. The molecule has 3 aromatic rings. The fourth-order valence-electron chi connectivity index (χ4n) is 2.54. The molecule has 1 amide bonds. The fraction of sp³-hybridized carbons (Fsp3) is 0.200. The van der Waals surface area contributed by atoms with Crippen LogP contribution < -0.4 is 11.1 Å². The summed E-state index contributed by atoms with van der Waals surface area (Å²) in [7, 11) is 0. The maximum Gasteiger partial charge on any atom is 0.437 e. The van der Waals surface area contributed by atoms with Crippen molar-refractivity contribution in [1.82, 2.24) is 15.1 Å². The van der Waals surface area contributed by atoms with E-state index in [1.807, 2.05) is 6.07 Å². The highest BCUT2D eigenvalue weighted by Gasteiger charge is 2.16. The van der Waals surface area contributed by atoms with Crippen molar-refractivity contribution in [3.05, 3.63) is 75.7 Å². The number of halogens is 1. The summed E-state index contributed by atoms with van der Waals surface area (Å²) in [5, 5.41) is 7.27. The first-order valence-corrected chi connectivity index (χ1v) is 9.14. The Morgan fingerprint density at radius 3 is 2.55 bits per heavy atom. The van der Waals surface area contributed by atoms with E-state index in [9.17, 15) is 14.4 Å². The van der Waals surface area contributed by atoms with Crippen LogP contribution in [-0.2, 0) is 20.9 Å². The van der Waals surface area contributed by atoms with Gasteiger partial charge >= 0.3 is 11.7 Å². The van der Waals surface area contributed by atoms with Gasteiger partial charge in [0.2, 0.25) is 5.89 Å². The van der Waals surface area contributed by atoms with Gasteiger partial charge in [0, 0.05) is 10.6 Å². The first-order chi connectivity index (χ1) is 13.9. The van der Waals surface area contributed by atoms with Gasteiger partial charge in [0.25, 0.3) is 5.91 Å². The number of amides is 1. The molecule has 3 rings (SSSR count). The number of benzene rings is 2. The van der Waals surface area contributed by atoms with E-state index in [-0.39, 0.29) is 11.9 Å². The Labute approximate surface area is 171 Å². The molecule has 1 heterocycles. The van der Waals surface area contributed by atoms with E-state index in [2.05, 4.69) is 10.4 Å². The molecule has 0 saturated carbocycles. The number of nitrogens with one attached hydrogen (secondary N) is 1. The van der Waals surface area contributed by atoms with Crippen LogP contribution in [0, 0.1) is 0 Å². The molecule has 2 aromatic carbocycles. The van der Waals surface area contributed by atoms with Gasteiger partial charge in [-0.3, -0.25) is 9.59 Å². The molecule has 1 atom stereocenters. The molecule has 0 saturated heterocycles. The molecule has 29 heavy (non-hydrogen) atoms. The van der Waals surface area contributed by atoms with Crippen LogP contribution in [0.25, 0.3) is 11.5 Å². The van der Waals surface area contributed by atoms with Gasteiger partial charge < -0.3 is 14.5 Å². The second-order valence-electron chi connectivity index (χ2n) is 6.20. The zero-order valence-electron chi connectivity index (χ0n) is 15.5. The Balaban J connectivity index is 1.51. The van der Waals surface area contributed by atoms with Gasteiger partial charge in [-0.15, -0.1) is 5.10 Å². The minimum atomic E-state index is -0.790. The fourth-order valence-corrected chi connectivity index (χ4v) is 2.66. The van der Waals surface area contributed by atoms with Crippen LogP contribution in [0.3, 0.4) is 0 Å². The van der Waals surface area contributed by atoms with E-state index in [0.717, 1.165) is 10.2 Å². The molecule has 150 valence electrons. The van der Waals surface area contributed by atoms with Gasteiger partial charge in [0.1, 0.15) is 6.54 Å². The van der Waals surface area contributed by atoms with Gasteiger partial charge in [-0.1, -0.05) is 41.9 Å². The molecular weight excluding hydrogens is 398 g/mol. The third-order valence-corrected chi connectivity index (χ3v) is 4.27. The van der Waals surface area contributed by atoms with Crippen molar-refractivity contribution < 1.29 is 18.7 Å². The first-order valence-electron chi connectivity index (χ1n) is 8.76. The second kappa shape index (κ2) is 9.20. The molecule has 0 aliphatic heterocycles. The van der Waals surface area contributed by atoms with Crippen LogP contribution in [0.15, 0.2) is 63.8 Å². The van der Waals surface area contributed by atoms with Crippen molar-refractivity contribution in [3.8, 4) is 11.5 Å². The standard InChI is InChI=1S/C20H18ClN3O5/c1-13(14-7-9-16(21)10-8-14)22-17(25)12-28-18(26)11-24-20(27)29-19(23-24)15-5-3-2-4-6-15/h2-10,13H,11-12H2,1H3,(H,22,25)/t13-/m0/s1. The normalized spacial score (nSPS) is 11.7. The van der Waals surface area contributed by atoms with Crippen LogP contribution in [0.5, 0.6) is 0 Å². The lowest BCUT2D eigenvalue weighted by Gasteiger charge is -2.14. The minimum absolute atomic E-state index is 0.0953. The zero-order valence-corrected chi connectivity index (χ0v) is 16.3. The van der Waals surface area contributed by atoms with E-state index in [0.29, 0.717) is 10.6 Å². The average Bonchev–Trinajstić information content (AvgIpc) is 3.08. The van der Waals surface area contributed by atoms with Crippen molar-refractivity contribution in [1.29, 1.82) is 0 Å². The number of carbonyl (C=O) groups excluding carboxylic acids is 2. The smallest absolute Gasteiger partial charge is 0.437 e. The Hall–Kier alpha value is -3.39. The second-order valence-corrected chi connectivity index (χ2v) is 6.63. The number of ether oxygens (including phenoxy) is 1. The van der Waals surface area contributed by atoms with Gasteiger partial charge in [-0.25, -0.2) is 4.79 Å². The van der Waals surface area contributed by atoms with E-state index >= 15 is 0 Å². The van der Waals surface area contributed by atoms with Crippen molar-refractivity contribution in [3.63, 3.8) is 0 Å². The number of nitrogens with zero attached hydrogens (tertiary/aromatic N) is 2. The quantitative estimate of drug-likeness (QED) is 0.595. The number of hydrogen-bond acceptors (Lipinski definition) is 6. The minimum Gasteiger partial charge on any atom is -0.454 e. The maximum absolute atomic E-state index is 12.0. The van der Waals surface area contributed by atoms with Crippen molar-refractivity contribution >= 4 is 23.5 Å². The largest absolute Gasteiger partial charge is 0.454 e. The molecule has 0 spiro atoms. The Bertz CT molecular complexity index is 1040. The summed E-state index contributed by atoms with van der Waals surface area (Å²) >= 11 is 5.84. The van der Waals surface area contributed by atoms with Crippen LogP contribution in [0.4, 0.5) is 0 Å². The molecule has 0 bridgehead atoms. The Morgan fingerprint density at radius 2 is 1.86 bits per heavy atom. The van der Waals surface area contributed by atoms with Gasteiger partial charge in [0.05, 0.1) is 6.04 Å². The highest BCUT2D eigenvalue weighted by atomic mass is 35.5. The van der Waals surface area contributed by atoms with Gasteiger partial charge in [0.15, 0.2) is 6.61 Å². The number of rotatable bonds is 7. The molecule has 0 fully saturated rings. The lowest BCUT2D eigenvalue weighted by molar-refractivity contribution is -0.149. The summed E-state index contributed by atoms with van der Waals surface area (Å²) in [4.78, 5) is 35.8. The lowest BCUT2D eigenvalue weighted by atomic mass is 10.1. The van der Waals surface area contributed by atoms with Crippen LogP contribution >= 0.6 is 11.6 Å². The van der Waals surface area contributed by atoms with Crippen molar-refractivity contribution in [2.45, 2.75) is 19.5 Å². The summed E-state index contributed by atoms with van der Waals surface area (Å²) < 4.78 is 10.8. The number of esters is 1.